The van der Waals surface area contributed by atoms with Crippen molar-refractivity contribution in [2.45, 2.75) is 31.7 Å². The zero-order valence-corrected chi connectivity index (χ0v) is 16.1. The van der Waals surface area contributed by atoms with Crippen LogP contribution in [0.4, 0.5) is 10.5 Å². The van der Waals surface area contributed by atoms with Gasteiger partial charge in [-0.3, -0.25) is 5.32 Å². The van der Waals surface area contributed by atoms with Gasteiger partial charge in [0.1, 0.15) is 10.2 Å². The van der Waals surface area contributed by atoms with Gasteiger partial charge in [-0.15, -0.1) is 23.7 Å². The monoisotopic (exact) mass is 401 g/mol. The number of halogens is 2. The molecule has 136 valence electrons. The molecular formula is C17H21Cl2N3O2S. The number of hydrogen-bond acceptors (Lipinski definition) is 5. The van der Waals surface area contributed by atoms with Gasteiger partial charge in [-0.1, -0.05) is 30.2 Å². The molecule has 1 saturated heterocycles. The molecule has 1 atom stereocenters. The van der Waals surface area contributed by atoms with E-state index in [0.29, 0.717) is 23.5 Å². The number of aromatic nitrogens is 1. The van der Waals surface area contributed by atoms with Crippen LogP contribution in [0.15, 0.2) is 29.6 Å². The first-order valence-electron chi connectivity index (χ1n) is 8.10. The standard InChI is InChI=1S/C17H20ClN3O2S.ClH/c18-15-11-24-16(21-15)13-6-1-2-7-14(13)20-17(22)23-10-8-12-5-3-4-9-19-12;/h1-2,6-7,11-12,19H,3-5,8-10H2,(H,20,22);1H. The van der Waals surface area contributed by atoms with Gasteiger partial charge in [0.05, 0.1) is 12.3 Å². The third-order valence-corrected chi connectivity index (χ3v) is 5.18. The van der Waals surface area contributed by atoms with Crippen molar-refractivity contribution in [3.05, 3.63) is 34.8 Å². The van der Waals surface area contributed by atoms with Crippen LogP contribution in [-0.4, -0.2) is 30.3 Å². The summed E-state index contributed by atoms with van der Waals surface area (Å²) in [6.45, 7) is 1.47. The molecule has 0 radical (unpaired) electrons. The van der Waals surface area contributed by atoms with Crippen molar-refractivity contribution in [2.24, 2.45) is 0 Å². The van der Waals surface area contributed by atoms with Crippen LogP contribution in [0, 0.1) is 0 Å². The van der Waals surface area contributed by atoms with Gasteiger partial charge in [0.25, 0.3) is 0 Å². The summed E-state index contributed by atoms with van der Waals surface area (Å²) in [6, 6.07) is 7.94. The quantitative estimate of drug-likeness (QED) is 0.742. The van der Waals surface area contributed by atoms with Gasteiger partial charge in [-0.2, -0.15) is 0 Å². The molecule has 1 fully saturated rings. The van der Waals surface area contributed by atoms with Crippen molar-refractivity contribution >= 4 is 47.1 Å². The van der Waals surface area contributed by atoms with E-state index in [0.717, 1.165) is 30.0 Å². The number of amides is 1. The number of nitrogens with one attached hydrogen (secondary N) is 2. The van der Waals surface area contributed by atoms with Crippen LogP contribution < -0.4 is 10.6 Å². The molecule has 1 aromatic heterocycles. The summed E-state index contributed by atoms with van der Waals surface area (Å²) in [5, 5.41) is 9.23. The van der Waals surface area contributed by atoms with E-state index in [1.807, 2.05) is 24.3 Å². The molecule has 25 heavy (non-hydrogen) atoms. The number of anilines is 1. The topological polar surface area (TPSA) is 63.2 Å². The van der Waals surface area contributed by atoms with Gasteiger partial charge in [-0.25, -0.2) is 9.78 Å². The summed E-state index contributed by atoms with van der Waals surface area (Å²) in [7, 11) is 0. The minimum absolute atomic E-state index is 0. The summed E-state index contributed by atoms with van der Waals surface area (Å²) in [4.78, 5) is 16.3. The summed E-state index contributed by atoms with van der Waals surface area (Å²) in [5.41, 5.74) is 1.50. The van der Waals surface area contributed by atoms with Crippen molar-refractivity contribution in [3.63, 3.8) is 0 Å². The fraction of sp³-hybridized carbons (Fsp3) is 0.412. The van der Waals surface area contributed by atoms with Crippen molar-refractivity contribution in [2.75, 3.05) is 18.5 Å². The molecular weight excluding hydrogens is 381 g/mol. The fourth-order valence-electron chi connectivity index (χ4n) is 2.77. The highest BCUT2D eigenvalue weighted by Gasteiger charge is 2.14. The van der Waals surface area contributed by atoms with E-state index in [4.69, 9.17) is 16.3 Å². The molecule has 8 heteroatoms. The predicted molar refractivity (Wildman–Crippen MR) is 105 cm³/mol. The van der Waals surface area contributed by atoms with Crippen LogP contribution in [0.5, 0.6) is 0 Å². The third kappa shape index (κ3) is 5.85. The molecule has 0 spiro atoms. The maximum Gasteiger partial charge on any atom is 0.411 e. The average molecular weight is 402 g/mol. The van der Waals surface area contributed by atoms with Crippen molar-refractivity contribution in [1.29, 1.82) is 0 Å². The molecule has 1 aliphatic heterocycles. The highest BCUT2D eigenvalue weighted by atomic mass is 35.5. The van der Waals surface area contributed by atoms with Gasteiger partial charge >= 0.3 is 6.09 Å². The average Bonchev–Trinajstić information content (AvgIpc) is 3.02. The summed E-state index contributed by atoms with van der Waals surface area (Å²) < 4.78 is 5.31. The Morgan fingerprint density at radius 2 is 2.24 bits per heavy atom. The van der Waals surface area contributed by atoms with Crippen LogP contribution in [-0.2, 0) is 4.74 Å². The number of hydrogen-bond donors (Lipinski definition) is 2. The molecule has 0 aliphatic carbocycles. The molecule has 2 N–H and O–H groups in total. The fourth-order valence-corrected chi connectivity index (χ4v) is 3.75. The van der Waals surface area contributed by atoms with Crippen LogP contribution in [0.25, 0.3) is 10.6 Å². The Labute approximate surface area is 162 Å². The zero-order valence-electron chi connectivity index (χ0n) is 13.7. The Bertz CT molecular complexity index is 690. The third-order valence-electron chi connectivity index (χ3n) is 3.98. The minimum Gasteiger partial charge on any atom is -0.449 e. The first-order chi connectivity index (χ1) is 11.7. The van der Waals surface area contributed by atoms with E-state index in [2.05, 4.69) is 15.6 Å². The Kier molecular flexibility index (Phi) is 7.96. The van der Waals surface area contributed by atoms with Crippen molar-refractivity contribution in [3.8, 4) is 10.6 Å². The normalized spacial score (nSPS) is 16.8. The highest BCUT2D eigenvalue weighted by Crippen LogP contribution is 2.31. The first-order valence-corrected chi connectivity index (χ1v) is 9.36. The van der Waals surface area contributed by atoms with E-state index in [1.54, 1.807) is 5.38 Å². The number of carbonyl (C=O) groups excluding carboxylic acids is 1. The van der Waals surface area contributed by atoms with Crippen LogP contribution in [0.3, 0.4) is 0 Å². The molecule has 3 rings (SSSR count). The summed E-state index contributed by atoms with van der Waals surface area (Å²) in [5.74, 6) is 0. The number of nitrogens with zero attached hydrogens (tertiary/aromatic N) is 1. The number of ether oxygens (including phenoxy) is 1. The largest absolute Gasteiger partial charge is 0.449 e. The number of benzene rings is 1. The minimum atomic E-state index is -0.444. The van der Waals surface area contributed by atoms with Gasteiger partial charge < -0.3 is 10.1 Å². The van der Waals surface area contributed by atoms with E-state index >= 15 is 0 Å². The molecule has 1 amide bonds. The lowest BCUT2D eigenvalue weighted by molar-refractivity contribution is 0.153. The molecule has 0 saturated carbocycles. The van der Waals surface area contributed by atoms with Gasteiger partial charge in [0.2, 0.25) is 0 Å². The molecule has 2 aromatic rings. The molecule has 5 nitrogen and oxygen atoms in total. The Balaban J connectivity index is 0.00000225. The summed E-state index contributed by atoms with van der Waals surface area (Å²) in [6.07, 6.45) is 4.03. The van der Waals surface area contributed by atoms with Gasteiger partial charge in [0, 0.05) is 17.0 Å². The van der Waals surface area contributed by atoms with Crippen molar-refractivity contribution < 1.29 is 9.53 Å². The zero-order chi connectivity index (χ0) is 16.8. The number of piperidine rings is 1. The Morgan fingerprint density at radius 3 is 2.96 bits per heavy atom. The molecule has 2 heterocycles. The molecule has 1 aromatic carbocycles. The molecule has 0 bridgehead atoms. The van der Waals surface area contributed by atoms with E-state index in [-0.39, 0.29) is 12.4 Å². The highest BCUT2D eigenvalue weighted by molar-refractivity contribution is 7.13. The SMILES string of the molecule is Cl.O=C(Nc1ccccc1-c1nc(Cl)cs1)OCCC1CCCCN1. The Morgan fingerprint density at radius 1 is 1.40 bits per heavy atom. The van der Waals surface area contributed by atoms with Gasteiger partial charge in [0.15, 0.2) is 0 Å². The second-order valence-electron chi connectivity index (χ2n) is 5.72. The summed E-state index contributed by atoms with van der Waals surface area (Å²) >= 11 is 7.33. The van der Waals surface area contributed by atoms with Crippen LogP contribution in [0.1, 0.15) is 25.7 Å². The maximum atomic E-state index is 12.0. The van der Waals surface area contributed by atoms with Crippen LogP contribution >= 0.6 is 35.3 Å². The maximum absolute atomic E-state index is 12.0. The lowest BCUT2D eigenvalue weighted by atomic mass is 10.0. The number of para-hydroxylation sites is 1. The number of carbonyl (C=O) groups is 1. The second kappa shape index (κ2) is 9.97. The number of rotatable bonds is 5. The van der Waals surface area contributed by atoms with Crippen LogP contribution in [0.2, 0.25) is 5.15 Å². The predicted octanol–water partition coefficient (Wildman–Crippen LogP) is 4.97. The lowest BCUT2D eigenvalue weighted by Gasteiger charge is -2.23. The van der Waals surface area contributed by atoms with Gasteiger partial charge in [-0.05, 0) is 37.9 Å². The van der Waals surface area contributed by atoms with E-state index in [1.165, 1.54) is 24.2 Å². The lowest BCUT2D eigenvalue weighted by Crippen LogP contribution is -2.35. The Hall–Kier alpha value is -1.34. The first kappa shape index (κ1) is 20.0. The molecule has 1 aliphatic rings. The van der Waals surface area contributed by atoms with E-state index < -0.39 is 6.09 Å². The van der Waals surface area contributed by atoms with Crippen molar-refractivity contribution in [1.82, 2.24) is 10.3 Å². The molecule has 1 unspecified atom stereocenters. The van der Waals surface area contributed by atoms with E-state index in [9.17, 15) is 4.79 Å². The number of thiazole rings is 1. The second-order valence-corrected chi connectivity index (χ2v) is 6.96. The smallest absolute Gasteiger partial charge is 0.411 e.